The summed E-state index contributed by atoms with van der Waals surface area (Å²) in [4.78, 5) is 31.9. The summed E-state index contributed by atoms with van der Waals surface area (Å²) in [6.45, 7) is 1.17. The Bertz CT molecular complexity index is 552. The Labute approximate surface area is 117 Å². The first-order valence-corrected chi connectivity index (χ1v) is 6.36. The van der Waals surface area contributed by atoms with Gasteiger partial charge in [0.25, 0.3) is 5.69 Å². The Morgan fingerprint density at radius 3 is 2.70 bits per heavy atom. The van der Waals surface area contributed by atoms with Gasteiger partial charge < -0.3 is 10.4 Å². The monoisotopic (exact) mass is 302 g/mol. The molecule has 0 unspecified atom stereocenters. The van der Waals surface area contributed by atoms with Crippen LogP contribution in [0.1, 0.15) is 6.92 Å². The third kappa shape index (κ3) is 4.50. The molecular formula is C11H11FN2O5S. The molecular weight excluding hydrogens is 291 g/mol. The first-order valence-electron chi connectivity index (χ1n) is 5.38. The van der Waals surface area contributed by atoms with E-state index in [9.17, 15) is 24.1 Å². The van der Waals surface area contributed by atoms with E-state index in [1.54, 1.807) is 0 Å². The number of nitrogens with one attached hydrogen (secondary N) is 1. The molecule has 0 bridgehead atoms. The molecule has 1 rings (SSSR count). The lowest BCUT2D eigenvalue weighted by Crippen LogP contribution is -2.41. The molecule has 0 aliphatic rings. The second-order valence-corrected chi connectivity index (χ2v) is 4.83. The Kier molecular flexibility index (Phi) is 5.44. The number of benzene rings is 1. The Morgan fingerprint density at radius 2 is 2.20 bits per heavy atom. The summed E-state index contributed by atoms with van der Waals surface area (Å²) in [5.74, 6) is -2.64. The predicted molar refractivity (Wildman–Crippen MR) is 69.0 cm³/mol. The number of nitrogens with zero attached hydrogens (tertiary/aromatic N) is 1. The van der Waals surface area contributed by atoms with Crippen molar-refractivity contribution < 1.29 is 24.0 Å². The third-order valence-corrected chi connectivity index (χ3v) is 3.35. The van der Waals surface area contributed by atoms with Crippen LogP contribution in [-0.2, 0) is 9.59 Å². The molecule has 0 aliphatic heterocycles. The van der Waals surface area contributed by atoms with Crippen LogP contribution in [0.25, 0.3) is 0 Å². The average molecular weight is 302 g/mol. The number of carboxylic acid groups (broad SMARTS) is 1. The van der Waals surface area contributed by atoms with Crippen molar-refractivity contribution in [3.8, 4) is 0 Å². The van der Waals surface area contributed by atoms with Gasteiger partial charge in [0.2, 0.25) is 5.91 Å². The van der Waals surface area contributed by atoms with Crippen LogP contribution in [0, 0.1) is 15.9 Å². The van der Waals surface area contributed by atoms with E-state index in [1.807, 2.05) is 0 Å². The average Bonchev–Trinajstić information content (AvgIpc) is 2.34. The molecule has 0 aromatic heterocycles. The maximum atomic E-state index is 12.9. The third-order valence-electron chi connectivity index (χ3n) is 2.20. The topological polar surface area (TPSA) is 110 Å². The highest BCUT2D eigenvalue weighted by molar-refractivity contribution is 7.99. The molecule has 0 heterocycles. The van der Waals surface area contributed by atoms with Crippen LogP contribution >= 0.6 is 11.8 Å². The minimum atomic E-state index is -1.25. The van der Waals surface area contributed by atoms with E-state index in [4.69, 9.17) is 5.11 Å². The summed E-state index contributed by atoms with van der Waals surface area (Å²) in [6, 6.07) is 1.83. The van der Waals surface area contributed by atoms with Crippen LogP contribution in [0.15, 0.2) is 23.1 Å². The summed E-state index contributed by atoms with van der Waals surface area (Å²) >= 11 is 0.859. The molecule has 0 radical (unpaired) electrons. The van der Waals surface area contributed by atoms with Crippen LogP contribution < -0.4 is 5.32 Å². The molecule has 0 saturated heterocycles. The zero-order valence-electron chi connectivity index (χ0n) is 10.3. The van der Waals surface area contributed by atoms with Crippen LogP contribution in [-0.4, -0.2) is 33.7 Å². The molecule has 9 heteroatoms. The Hall–Kier alpha value is -2.16. The maximum absolute atomic E-state index is 12.9. The van der Waals surface area contributed by atoms with Gasteiger partial charge >= 0.3 is 5.97 Å². The van der Waals surface area contributed by atoms with Gasteiger partial charge in [-0.2, -0.15) is 0 Å². The number of hydrogen-bond acceptors (Lipinski definition) is 5. The lowest BCUT2D eigenvalue weighted by Gasteiger charge is -2.12. The van der Waals surface area contributed by atoms with E-state index in [0.29, 0.717) is 0 Å². The first kappa shape index (κ1) is 15.9. The zero-order chi connectivity index (χ0) is 15.3. The fourth-order valence-electron chi connectivity index (χ4n) is 1.35. The minimum absolute atomic E-state index is 0.110. The van der Waals surface area contributed by atoms with Gasteiger partial charge in [-0.15, -0.1) is 11.8 Å². The van der Waals surface area contributed by atoms with Crippen LogP contribution in [0.5, 0.6) is 0 Å². The summed E-state index contributed by atoms with van der Waals surface area (Å²) in [6.07, 6.45) is 0. The number of nitro groups is 1. The maximum Gasteiger partial charge on any atom is 0.327 e. The smallest absolute Gasteiger partial charge is 0.327 e. The van der Waals surface area contributed by atoms with E-state index >= 15 is 0 Å². The number of hydrogen-bond donors (Lipinski definition) is 2. The van der Waals surface area contributed by atoms with Gasteiger partial charge in [-0.25, -0.2) is 9.18 Å². The van der Waals surface area contributed by atoms with E-state index in [0.717, 1.165) is 23.9 Å². The molecule has 0 fully saturated rings. The number of carboxylic acids is 1. The van der Waals surface area contributed by atoms with Crippen molar-refractivity contribution in [1.82, 2.24) is 5.32 Å². The standard InChI is InChI=1S/C11H11FN2O5S/c1-6(15)13-8(11(16)17)5-20-10-3-2-7(12)4-9(10)14(18)19/h2-4,8H,5H2,1H3,(H,13,15)(H,16,17)/t8-/m0/s1. The quantitative estimate of drug-likeness (QED) is 0.467. The lowest BCUT2D eigenvalue weighted by atomic mass is 10.3. The van der Waals surface area contributed by atoms with Gasteiger partial charge in [0.15, 0.2) is 0 Å². The van der Waals surface area contributed by atoms with Crippen LogP contribution in [0.3, 0.4) is 0 Å². The van der Waals surface area contributed by atoms with Crippen molar-refractivity contribution in [2.45, 2.75) is 17.9 Å². The number of nitro benzene ring substituents is 1. The second-order valence-electron chi connectivity index (χ2n) is 3.77. The number of rotatable bonds is 6. The molecule has 1 amide bonds. The molecule has 0 spiro atoms. The van der Waals surface area contributed by atoms with Gasteiger partial charge in [-0.1, -0.05) is 0 Å². The number of thioether (sulfide) groups is 1. The first-order chi connectivity index (χ1) is 9.31. The number of carbonyl (C=O) groups is 2. The lowest BCUT2D eigenvalue weighted by molar-refractivity contribution is -0.387. The Morgan fingerprint density at radius 1 is 1.55 bits per heavy atom. The molecule has 1 aromatic carbocycles. The molecule has 1 aromatic rings. The van der Waals surface area contributed by atoms with Gasteiger partial charge in [0.1, 0.15) is 11.9 Å². The summed E-state index contributed by atoms with van der Waals surface area (Å²) in [5, 5.41) is 21.9. The normalized spacial score (nSPS) is 11.7. The van der Waals surface area contributed by atoms with Crippen molar-refractivity contribution in [3.05, 3.63) is 34.1 Å². The number of amides is 1. The van der Waals surface area contributed by atoms with E-state index < -0.39 is 34.3 Å². The van der Waals surface area contributed by atoms with Crippen LogP contribution in [0.4, 0.5) is 10.1 Å². The number of halogens is 1. The highest BCUT2D eigenvalue weighted by Gasteiger charge is 2.21. The SMILES string of the molecule is CC(=O)N[C@@H](CSc1ccc(F)cc1[N+](=O)[O-])C(=O)O. The van der Waals surface area contributed by atoms with E-state index in [-0.39, 0.29) is 10.6 Å². The van der Waals surface area contributed by atoms with Crippen molar-refractivity contribution in [2.75, 3.05) is 5.75 Å². The van der Waals surface area contributed by atoms with E-state index in [2.05, 4.69) is 5.32 Å². The molecule has 7 nitrogen and oxygen atoms in total. The zero-order valence-corrected chi connectivity index (χ0v) is 11.1. The van der Waals surface area contributed by atoms with Gasteiger partial charge in [0, 0.05) is 12.7 Å². The highest BCUT2D eigenvalue weighted by atomic mass is 32.2. The predicted octanol–water partition coefficient (Wildman–Crippen LogP) is 1.42. The molecule has 108 valence electrons. The van der Waals surface area contributed by atoms with Crippen molar-refractivity contribution in [3.63, 3.8) is 0 Å². The second kappa shape index (κ2) is 6.85. The number of carbonyl (C=O) groups excluding carboxylic acids is 1. The number of aliphatic carboxylic acids is 1. The Balaban J connectivity index is 2.85. The summed E-state index contributed by atoms with van der Waals surface area (Å²) < 4.78 is 12.9. The molecule has 1 atom stereocenters. The summed E-state index contributed by atoms with van der Waals surface area (Å²) in [7, 11) is 0. The van der Waals surface area contributed by atoms with Crippen LogP contribution in [0.2, 0.25) is 0 Å². The van der Waals surface area contributed by atoms with Crippen molar-refractivity contribution >= 4 is 29.3 Å². The largest absolute Gasteiger partial charge is 0.480 e. The fourth-order valence-corrected chi connectivity index (χ4v) is 2.37. The molecule has 0 aliphatic carbocycles. The fraction of sp³-hybridized carbons (Fsp3) is 0.273. The highest BCUT2D eigenvalue weighted by Crippen LogP contribution is 2.30. The molecule has 2 N–H and O–H groups in total. The minimum Gasteiger partial charge on any atom is -0.480 e. The molecule has 20 heavy (non-hydrogen) atoms. The van der Waals surface area contributed by atoms with Crippen molar-refractivity contribution in [2.24, 2.45) is 0 Å². The van der Waals surface area contributed by atoms with Gasteiger partial charge in [0.05, 0.1) is 15.9 Å². The van der Waals surface area contributed by atoms with Gasteiger partial charge in [-0.3, -0.25) is 14.9 Å². The summed E-state index contributed by atoms with van der Waals surface area (Å²) in [5.41, 5.74) is -0.443. The van der Waals surface area contributed by atoms with E-state index in [1.165, 1.54) is 13.0 Å². The van der Waals surface area contributed by atoms with Crippen molar-refractivity contribution in [1.29, 1.82) is 0 Å². The molecule has 0 saturated carbocycles. The van der Waals surface area contributed by atoms with Gasteiger partial charge in [-0.05, 0) is 12.1 Å².